The average Bonchev–Trinajstić information content (AvgIpc) is 2.71. The summed E-state index contributed by atoms with van der Waals surface area (Å²) in [6.07, 6.45) is 2.54. The lowest BCUT2D eigenvalue weighted by Gasteiger charge is -2.31. The minimum Gasteiger partial charge on any atom is -0.301 e. The predicted molar refractivity (Wildman–Crippen MR) is 80.0 cm³/mol. The minimum atomic E-state index is -0.219. The molecule has 3 rings (SSSR count). The third-order valence-corrected chi connectivity index (χ3v) is 3.93. The van der Waals surface area contributed by atoms with E-state index in [1.54, 1.807) is 12.3 Å². The zero-order valence-corrected chi connectivity index (χ0v) is 12.1. The summed E-state index contributed by atoms with van der Waals surface area (Å²) in [7, 11) is 0. The van der Waals surface area contributed by atoms with Gasteiger partial charge in [0.05, 0.1) is 0 Å². The van der Waals surface area contributed by atoms with Crippen LogP contribution in [-0.2, 0) is 6.42 Å². The molecule has 0 fully saturated rings. The molecule has 1 aliphatic rings. The largest absolute Gasteiger partial charge is 0.301 e. The number of rotatable bonds is 1. The van der Waals surface area contributed by atoms with Crippen LogP contribution >= 0.6 is 0 Å². The molecule has 1 aliphatic heterocycles. The normalized spacial score (nSPS) is 16.1. The lowest BCUT2D eigenvalue weighted by molar-refractivity contribution is 0.0962. The summed E-state index contributed by atoms with van der Waals surface area (Å²) >= 11 is 0. The summed E-state index contributed by atoms with van der Waals surface area (Å²) in [5.74, 6) is -0.0278. The van der Waals surface area contributed by atoms with Gasteiger partial charge in [0, 0.05) is 17.4 Å². The quantitative estimate of drug-likeness (QED) is 0.793. The van der Waals surface area contributed by atoms with Gasteiger partial charge in [0.25, 0.3) is 5.91 Å². The lowest BCUT2D eigenvalue weighted by atomic mass is 9.97. The van der Waals surface area contributed by atoms with E-state index in [1.807, 2.05) is 29.2 Å². The van der Waals surface area contributed by atoms with Crippen molar-refractivity contribution >= 4 is 11.6 Å². The number of fused-ring (bicyclic) bond motifs is 1. The van der Waals surface area contributed by atoms with Gasteiger partial charge in [-0.25, -0.2) is 0 Å². The second-order valence-corrected chi connectivity index (χ2v) is 5.92. The van der Waals surface area contributed by atoms with Gasteiger partial charge in [-0.3, -0.25) is 9.78 Å². The van der Waals surface area contributed by atoms with Crippen molar-refractivity contribution in [3.05, 3.63) is 59.4 Å². The Morgan fingerprint density at radius 3 is 2.70 bits per heavy atom. The molecule has 2 heterocycles. The van der Waals surface area contributed by atoms with E-state index in [2.05, 4.69) is 31.8 Å². The maximum atomic E-state index is 12.8. The Labute approximate surface area is 119 Å². The summed E-state index contributed by atoms with van der Waals surface area (Å²) < 4.78 is 0. The lowest BCUT2D eigenvalue weighted by Crippen LogP contribution is -2.45. The van der Waals surface area contributed by atoms with E-state index in [9.17, 15) is 4.79 Å². The van der Waals surface area contributed by atoms with Gasteiger partial charge in [0.1, 0.15) is 5.69 Å². The van der Waals surface area contributed by atoms with Crippen molar-refractivity contribution in [2.75, 3.05) is 4.90 Å². The van der Waals surface area contributed by atoms with Crippen LogP contribution in [0, 0.1) is 6.92 Å². The maximum Gasteiger partial charge on any atom is 0.277 e. The van der Waals surface area contributed by atoms with E-state index in [-0.39, 0.29) is 11.4 Å². The van der Waals surface area contributed by atoms with Crippen LogP contribution in [0.3, 0.4) is 0 Å². The minimum absolute atomic E-state index is 0.0278. The zero-order valence-electron chi connectivity index (χ0n) is 12.1. The molecule has 0 spiro atoms. The third kappa shape index (κ3) is 1.90. The highest BCUT2D eigenvalue weighted by atomic mass is 16.2. The number of anilines is 1. The van der Waals surface area contributed by atoms with Crippen molar-refractivity contribution in [2.45, 2.75) is 32.7 Å². The first-order valence-electron chi connectivity index (χ1n) is 6.85. The molecule has 3 nitrogen and oxygen atoms in total. The number of aromatic nitrogens is 1. The Balaban J connectivity index is 2.10. The number of pyridine rings is 1. The molecule has 1 aromatic carbocycles. The van der Waals surface area contributed by atoms with Gasteiger partial charge in [0.15, 0.2) is 0 Å². The Kier molecular flexibility index (Phi) is 2.85. The van der Waals surface area contributed by atoms with Crippen LogP contribution < -0.4 is 4.90 Å². The van der Waals surface area contributed by atoms with Gasteiger partial charge in [-0.1, -0.05) is 18.2 Å². The van der Waals surface area contributed by atoms with Crippen LogP contribution in [0.25, 0.3) is 0 Å². The summed E-state index contributed by atoms with van der Waals surface area (Å²) in [5.41, 5.74) is 3.80. The molecule has 1 amide bonds. The van der Waals surface area contributed by atoms with Gasteiger partial charge in [-0.2, -0.15) is 0 Å². The molecule has 2 aromatic rings. The number of carbonyl (C=O) groups excluding carboxylic acids is 1. The van der Waals surface area contributed by atoms with Crippen LogP contribution in [0.2, 0.25) is 0 Å². The van der Waals surface area contributed by atoms with Crippen LogP contribution in [0.1, 0.15) is 35.5 Å². The van der Waals surface area contributed by atoms with Crippen molar-refractivity contribution in [3.8, 4) is 0 Å². The number of hydrogen-bond donors (Lipinski definition) is 0. The van der Waals surface area contributed by atoms with Gasteiger partial charge < -0.3 is 4.90 Å². The smallest absolute Gasteiger partial charge is 0.277 e. The molecule has 0 bridgehead atoms. The summed E-state index contributed by atoms with van der Waals surface area (Å²) in [5, 5.41) is 0. The number of nitrogens with zero attached hydrogens (tertiary/aromatic N) is 2. The molecule has 102 valence electrons. The molecule has 0 saturated heterocycles. The topological polar surface area (TPSA) is 33.2 Å². The van der Waals surface area contributed by atoms with Crippen LogP contribution in [0.4, 0.5) is 5.69 Å². The van der Waals surface area contributed by atoms with Gasteiger partial charge >= 0.3 is 0 Å². The maximum absolute atomic E-state index is 12.8. The zero-order chi connectivity index (χ0) is 14.3. The van der Waals surface area contributed by atoms with Crippen molar-refractivity contribution in [1.29, 1.82) is 0 Å². The van der Waals surface area contributed by atoms with Crippen LogP contribution in [0.5, 0.6) is 0 Å². The Bertz CT molecular complexity index is 662. The fourth-order valence-electron chi connectivity index (χ4n) is 2.95. The van der Waals surface area contributed by atoms with Crippen molar-refractivity contribution in [1.82, 2.24) is 4.98 Å². The number of carbonyl (C=O) groups is 1. The van der Waals surface area contributed by atoms with E-state index in [0.717, 1.165) is 12.1 Å². The first kappa shape index (κ1) is 12.9. The predicted octanol–water partition coefficient (Wildman–Crippen LogP) is 3.37. The Morgan fingerprint density at radius 1 is 1.20 bits per heavy atom. The SMILES string of the molecule is Cc1cccc2c1CC(C)(C)N2C(=O)c1ccccn1. The molecular weight excluding hydrogens is 248 g/mol. The van der Waals surface area contributed by atoms with E-state index in [1.165, 1.54) is 11.1 Å². The van der Waals surface area contributed by atoms with Crippen LogP contribution in [-0.4, -0.2) is 16.4 Å². The fraction of sp³-hybridized carbons (Fsp3) is 0.294. The second-order valence-electron chi connectivity index (χ2n) is 5.92. The fourth-order valence-corrected chi connectivity index (χ4v) is 2.95. The molecule has 0 N–H and O–H groups in total. The monoisotopic (exact) mass is 266 g/mol. The highest BCUT2D eigenvalue weighted by Gasteiger charge is 2.41. The number of benzene rings is 1. The van der Waals surface area contributed by atoms with E-state index in [4.69, 9.17) is 0 Å². The van der Waals surface area contributed by atoms with Gasteiger partial charge in [-0.05, 0) is 56.5 Å². The van der Waals surface area contributed by atoms with Crippen molar-refractivity contribution < 1.29 is 4.79 Å². The van der Waals surface area contributed by atoms with Gasteiger partial charge in [-0.15, -0.1) is 0 Å². The number of aryl methyl sites for hydroxylation is 1. The van der Waals surface area contributed by atoms with Crippen LogP contribution in [0.15, 0.2) is 42.6 Å². The first-order valence-corrected chi connectivity index (χ1v) is 6.85. The van der Waals surface area contributed by atoms with Gasteiger partial charge in [0.2, 0.25) is 0 Å². The highest BCUT2D eigenvalue weighted by Crippen LogP contribution is 2.40. The first-order chi connectivity index (χ1) is 9.50. The van der Waals surface area contributed by atoms with E-state index in [0.29, 0.717) is 5.69 Å². The molecule has 1 aromatic heterocycles. The van der Waals surface area contributed by atoms with E-state index < -0.39 is 0 Å². The van der Waals surface area contributed by atoms with Crippen molar-refractivity contribution in [2.24, 2.45) is 0 Å². The Hall–Kier alpha value is -2.16. The molecule has 0 unspecified atom stereocenters. The second kappa shape index (κ2) is 4.44. The molecule has 20 heavy (non-hydrogen) atoms. The molecule has 0 saturated carbocycles. The van der Waals surface area contributed by atoms with Crippen molar-refractivity contribution in [3.63, 3.8) is 0 Å². The molecule has 0 aliphatic carbocycles. The summed E-state index contributed by atoms with van der Waals surface area (Å²) in [6, 6.07) is 11.6. The molecule has 3 heteroatoms. The molecule has 0 atom stereocenters. The summed E-state index contributed by atoms with van der Waals surface area (Å²) in [4.78, 5) is 18.9. The summed E-state index contributed by atoms with van der Waals surface area (Å²) in [6.45, 7) is 6.31. The number of hydrogen-bond acceptors (Lipinski definition) is 2. The Morgan fingerprint density at radius 2 is 2.00 bits per heavy atom. The number of amides is 1. The molecular formula is C17H18N2O. The van der Waals surface area contributed by atoms with E-state index >= 15 is 0 Å². The average molecular weight is 266 g/mol. The third-order valence-electron chi connectivity index (χ3n) is 3.93. The molecule has 0 radical (unpaired) electrons. The highest BCUT2D eigenvalue weighted by molar-refractivity contribution is 6.07. The standard InChI is InChI=1S/C17H18N2O/c1-12-7-6-9-15-13(12)11-17(2,3)19(15)16(20)14-8-4-5-10-18-14/h4-10H,11H2,1-3H3.